The lowest BCUT2D eigenvalue weighted by Crippen LogP contribution is -2.08. The summed E-state index contributed by atoms with van der Waals surface area (Å²) in [6, 6.07) is 3.64. The van der Waals surface area contributed by atoms with Crippen LogP contribution in [0.4, 0.5) is 11.5 Å². The molecule has 0 spiro atoms. The van der Waals surface area contributed by atoms with E-state index < -0.39 is 0 Å². The summed E-state index contributed by atoms with van der Waals surface area (Å²) < 4.78 is 10.6. The minimum absolute atomic E-state index is 0.488. The number of aromatic nitrogens is 1. The first-order valence-electron chi connectivity index (χ1n) is 5.98. The molecule has 0 aliphatic rings. The summed E-state index contributed by atoms with van der Waals surface area (Å²) in [6.07, 6.45) is 0.948. The van der Waals surface area contributed by atoms with Crippen molar-refractivity contribution in [3.05, 3.63) is 12.1 Å². The molecule has 3 N–H and O–H groups in total. The molecule has 0 saturated carbocycles. The maximum Gasteiger partial charge on any atom is 0.239 e. The molecule has 1 rings (SSSR count). The molecular formula is C12H21N3O2. The molecule has 1 heterocycles. The minimum Gasteiger partial charge on any atom is -0.476 e. The predicted molar refractivity (Wildman–Crippen MR) is 69.4 cm³/mol. The van der Waals surface area contributed by atoms with E-state index in [2.05, 4.69) is 10.3 Å². The summed E-state index contributed by atoms with van der Waals surface area (Å²) in [5, 5.41) is 3.20. The van der Waals surface area contributed by atoms with Gasteiger partial charge in [0.05, 0.1) is 12.3 Å². The van der Waals surface area contributed by atoms with Gasteiger partial charge in [-0.05, 0) is 32.4 Å². The van der Waals surface area contributed by atoms with Crippen molar-refractivity contribution in [1.29, 1.82) is 0 Å². The fourth-order valence-electron chi connectivity index (χ4n) is 1.34. The number of nitrogens with one attached hydrogen (secondary N) is 1. The lowest BCUT2D eigenvalue weighted by molar-refractivity contribution is 0.147. The van der Waals surface area contributed by atoms with Gasteiger partial charge in [0.15, 0.2) is 0 Å². The first-order valence-corrected chi connectivity index (χ1v) is 5.98. The number of nitrogens with two attached hydrogens (primary N) is 1. The van der Waals surface area contributed by atoms with Crippen LogP contribution in [0.25, 0.3) is 0 Å². The minimum atomic E-state index is 0.488. The largest absolute Gasteiger partial charge is 0.476 e. The van der Waals surface area contributed by atoms with E-state index in [1.54, 1.807) is 6.07 Å². The van der Waals surface area contributed by atoms with Crippen molar-refractivity contribution in [2.24, 2.45) is 0 Å². The summed E-state index contributed by atoms with van der Waals surface area (Å²) in [7, 11) is 0. The molecule has 17 heavy (non-hydrogen) atoms. The van der Waals surface area contributed by atoms with Crippen molar-refractivity contribution in [3.63, 3.8) is 0 Å². The average Bonchev–Trinajstić information content (AvgIpc) is 2.33. The van der Waals surface area contributed by atoms with Crippen molar-refractivity contribution in [2.75, 3.05) is 37.4 Å². The van der Waals surface area contributed by atoms with Crippen LogP contribution in [-0.2, 0) is 4.74 Å². The van der Waals surface area contributed by atoms with Crippen LogP contribution in [0.1, 0.15) is 20.3 Å². The number of nitrogen functional groups attached to an aromatic ring is 1. The van der Waals surface area contributed by atoms with E-state index in [0.29, 0.717) is 18.2 Å². The Bertz CT molecular complexity index is 332. The second-order valence-corrected chi connectivity index (χ2v) is 3.50. The van der Waals surface area contributed by atoms with Crippen LogP contribution in [0.3, 0.4) is 0 Å². The van der Waals surface area contributed by atoms with Gasteiger partial charge in [-0.3, -0.25) is 0 Å². The zero-order chi connectivity index (χ0) is 12.5. The molecule has 0 atom stereocenters. The van der Waals surface area contributed by atoms with Crippen LogP contribution in [0, 0.1) is 0 Å². The van der Waals surface area contributed by atoms with Crippen molar-refractivity contribution in [2.45, 2.75) is 20.3 Å². The molecule has 0 amide bonds. The van der Waals surface area contributed by atoms with E-state index in [0.717, 1.165) is 32.0 Å². The van der Waals surface area contributed by atoms with Crippen LogP contribution in [0.5, 0.6) is 5.88 Å². The number of hydrogen-bond acceptors (Lipinski definition) is 5. The third-order valence-corrected chi connectivity index (χ3v) is 2.15. The Morgan fingerprint density at radius 1 is 1.29 bits per heavy atom. The van der Waals surface area contributed by atoms with E-state index in [-0.39, 0.29) is 0 Å². The molecule has 5 nitrogen and oxygen atoms in total. The van der Waals surface area contributed by atoms with Crippen LogP contribution in [-0.4, -0.2) is 31.3 Å². The van der Waals surface area contributed by atoms with Crippen molar-refractivity contribution in [1.82, 2.24) is 4.98 Å². The third kappa shape index (κ3) is 4.91. The third-order valence-electron chi connectivity index (χ3n) is 2.15. The normalized spacial score (nSPS) is 10.2. The van der Waals surface area contributed by atoms with Gasteiger partial charge in [0.2, 0.25) is 5.88 Å². The fourth-order valence-corrected chi connectivity index (χ4v) is 1.34. The summed E-state index contributed by atoms with van der Waals surface area (Å²) in [4.78, 5) is 4.28. The molecule has 0 aliphatic heterocycles. The molecular weight excluding hydrogens is 218 g/mol. The summed E-state index contributed by atoms with van der Waals surface area (Å²) in [5.41, 5.74) is 6.30. The zero-order valence-corrected chi connectivity index (χ0v) is 10.5. The Morgan fingerprint density at radius 3 is 2.82 bits per heavy atom. The van der Waals surface area contributed by atoms with Crippen LogP contribution in [0.2, 0.25) is 0 Å². The van der Waals surface area contributed by atoms with Crippen LogP contribution in [0.15, 0.2) is 12.1 Å². The van der Waals surface area contributed by atoms with Gasteiger partial charge in [0.1, 0.15) is 5.82 Å². The molecule has 0 aliphatic carbocycles. The number of ether oxygens (including phenoxy) is 2. The van der Waals surface area contributed by atoms with E-state index >= 15 is 0 Å². The van der Waals surface area contributed by atoms with Gasteiger partial charge in [-0.15, -0.1) is 0 Å². The number of nitrogens with zero attached hydrogens (tertiary/aromatic N) is 1. The highest BCUT2D eigenvalue weighted by Crippen LogP contribution is 2.20. The number of rotatable bonds is 8. The smallest absolute Gasteiger partial charge is 0.239 e. The van der Waals surface area contributed by atoms with Crippen LogP contribution < -0.4 is 15.8 Å². The lowest BCUT2D eigenvalue weighted by Gasteiger charge is -2.09. The first kappa shape index (κ1) is 13.6. The zero-order valence-electron chi connectivity index (χ0n) is 10.5. The Kier molecular flexibility index (Phi) is 6.17. The van der Waals surface area contributed by atoms with Gasteiger partial charge < -0.3 is 20.5 Å². The maximum absolute atomic E-state index is 5.73. The van der Waals surface area contributed by atoms with Gasteiger partial charge >= 0.3 is 0 Å². The van der Waals surface area contributed by atoms with Gasteiger partial charge in [-0.1, -0.05) is 0 Å². The highest BCUT2D eigenvalue weighted by molar-refractivity contribution is 5.53. The van der Waals surface area contributed by atoms with E-state index in [1.165, 1.54) is 0 Å². The molecule has 0 saturated heterocycles. The number of hydrogen-bond donors (Lipinski definition) is 2. The molecule has 0 bridgehead atoms. The average molecular weight is 239 g/mol. The van der Waals surface area contributed by atoms with E-state index in [1.807, 2.05) is 19.9 Å². The monoisotopic (exact) mass is 239 g/mol. The number of pyridine rings is 1. The maximum atomic E-state index is 5.73. The van der Waals surface area contributed by atoms with Gasteiger partial charge in [0.25, 0.3) is 0 Å². The number of anilines is 2. The SMILES string of the molecule is CCOCCCNc1ccc(N)c(OCC)n1. The standard InChI is InChI=1S/C12H21N3O2/c1-3-16-9-5-8-14-11-7-6-10(13)12(15-11)17-4-2/h6-7H,3-5,8-9,13H2,1-2H3,(H,14,15). The topological polar surface area (TPSA) is 69.4 Å². The quantitative estimate of drug-likeness (QED) is 0.678. The second kappa shape index (κ2) is 7.73. The molecule has 5 heteroatoms. The van der Waals surface area contributed by atoms with Crippen LogP contribution >= 0.6 is 0 Å². The van der Waals surface area contributed by atoms with Crippen molar-refractivity contribution < 1.29 is 9.47 Å². The summed E-state index contributed by atoms with van der Waals surface area (Å²) in [6.45, 7) is 6.80. The molecule has 1 aromatic rings. The second-order valence-electron chi connectivity index (χ2n) is 3.50. The predicted octanol–water partition coefficient (Wildman–Crippen LogP) is 1.90. The van der Waals surface area contributed by atoms with Gasteiger partial charge in [0, 0.05) is 19.8 Å². The highest BCUT2D eigenvalue weighted by atomic mass is 16.5. The van der Waals surface area contributed by atoms with Gasteiger partial charge in [-0.25, -0.2) is 0 Å². The summed E-state index contributed by atoms with van der Waals surface area (Å²) in [5.74, 6) is 1.27. The molecule has 0 unspecified atom stereocenters. The Labute approximate surface area is 102 Å². The summed E-state index contributed by atoms with van der Waals surface area (Å²) >= 11 is 0. The molecule has 0 fully saturated rings. The van der Waals surface area contributed by atoms with E-state index in [4.69, 9.17) is 15.2 Å². The van der Waals surface area contributed by atoms with E-state index in [9.17, 15) is 0 Å². The fraction of sp³-hybridized carbons (Fsp3) is 0.583. The first-order chi connectivity index (χ1) is 8.27. The highest BCUT2D eigenvalue weighted by Gasteiger charge is 2.02. The van der Waals surface area contributed by atoms with Gasteiger partial charge in [-0.2, -0.15) is 4.98 Å². The molecule has 0 radical (unpaired) electrons. The molecule has 0 aromatic carbocycles. The Morgan fingerprint density at radius 2 is 2.12 bits per heavy atom. The molecule has 96 valence electrons. The molecule has 1 aromatic heterocycles. The van der Waals surface area contributed by atoms with Crippen molar-refractivity contribution in [3.8, 4) is 5.88 Å². The Hall–Kier alpha value is -1.49. The lowest BCUT2D eigenvalue weighted by atomic mass is 10.4. The van der Waals surface area contributed by atoms with Crippen molar-refractivity contribution >= 4 is 11.5 Å². The Balaban J connectivity index is 2.40.